The van der Waals surface area contributed by atoms with Gasteiger partial charge in [-0.1, -0.05) is 12.1 Å². The van der Waals surface area contributed by atoms with Crippen molar-refractivity contribution in [2.45, 2.75) is 39.5 Å². The second-order valence-electron chi connectivity index (χ2n) is 6.55. The highest BCUT2D eigenvalue weighted by molar-refractivity contribution is 5.95. The zero-order valence-electron chi connectivity index (χ0n) is 14.6. The average molecular weight is 326 g/mol. The molecule has 0 radical (unpaired) electrons. The Hall–Kier alpha value is -2.23. The smallest absolute Gasteiger partial charge is 0.254 e. The summed E-state index contributed by atoms with van der Waals surface area (Å²) in [5.41, 5.74) is 3.19. The number of anilines is 1. The predicted molar refractivity (Wildman–Crippen MR) is 96.7 cm³/mol. The van der Waals surface area contributed by atoms with Crippen LogP contribution < -0.4 is 10.2 Å². The zero-order chi connectivity index (χ0) is 16.9. The van der Waals surface area contributed by atoms with Crippen molar-refractivity contribution in [3.8, 4) is 0 Å². The maximum atomic E-state index is 12.2. The third kappa shape index (κ3) is 3.99. The van der Waals surface area contributed by atoms with E-state index in [0.29, 0.717) is 17.9 Å². The molecular weight excluding hydrogens is 300 g/mol. The summed E-state index contributed by atoms with van der Waals surface area (Å²) in [5.74, 6) is 1.39. The van der Waals surface area contributed by atoms with Gasteiger partial charge in [-0.3, -0.25) is 4.79 Å². The minimum atomic E-state index is -0.0608. The van der Waals surface area contributed by atoms with Crippen molar-refractivity contribution in [1.82, 2.24) is 5.32 Å². The second-order valence-corrected chi connectivity index (χ2v) is 6.55. The molecule has 2 heterocycles. The Morgan fingerprint density at radius 1 is 1.12 bits per heavy atom. The van der Waals surface area contributed by atoms with E-state index in [2.05, 4.69) is 34.5 Å². The first kappa shape index (κ1) is 16.6. The zero-order valence-corrected chi connectivity index (χ0v) is 14.6. The fourth-order valence-corrected chi connectivity index (χ4v) is 3.30. The summed E-state index contributed by atoms with van der Waals surface area (Å²) in [6, 6.07) is 10.5. The SMILES string of the molecule is Cc1cc(C(=O)NCCc2ccc(N3CCCCC3)cc2)c(C)o1. The molecule has 0 atom stereocenters. The second kappa shape index (κ2) is 7.56. The number of rotatable bonds is 5. The van der Waals surface area contributed by atoms with Gasteiger partial charge in [-0.15, -0.1) is 0 Å². The molecule has 1 saturated heterocycles. The molecule has 0 bridgehead atoms. The number of hydrogen-bond acceptors (Lipinski definition) is 3. The number of nitrogens with one attached hydrogen (secondary N) is 1. The Morgan fingerprint density at radius 3 is 2.46 bits per heavy atom. The number of hydrogen-bond donors (Lipinski definition) is 1. The van der Waals surface area contributed by atoms with Crippen LogP contribution in [0, 0.1) is 13.8 Å². The van der Waals surface area contributed by atoms with Gasteiger partial charge in [0, 0.05) is 25.3 Å². The molecule has 1 aromatic carbocycles. The molecule has 4 heteroatoms. The number of furan rings is 1. The van der Waals surface area contributed by atoms with Gasteiger partial charge in [0.1, 0.15) is 11.5 Å². The van der Waals surface area contributed by atoms with Crippen LogP contribution in [0.15, 0.2) is 34.7 Å². The molecule has 0 saturated carbocycles. The minimum Gasteiger partial charge on any atom is -0.466 e. The van der Waals surface area contributed by atoms with Crippen molar-refractivity contribution in [3.05, 3.63) is 53.0 Å². The van der Waals surface area contributed by atoms with Crippen LogP contribution in [-0.4, -0.2) is 25.5 Å². The number of amides is 1. The number of nitrogens with zero attached hydrogens (tertiary/aromatic N) is 1. The first-order valence-electron chi connectivity index (χ1n) is 8.82. The van der Waals surface area contributed by atoms with Gasteiger partial charge < -0.3 is 14.6 Å². The lowest BCUT2D eigenvalue weighted by Gasteiger charge is -2.28. The van der Waals surface area contributed by atoms with Crippen LogP contribution in [0.5, 0.6) is 0 Å². The molecule has 1 aliphatic heterocycles. The maximum absolute atomic E-state index is 12.2. The van der Waals surface area contributed by atoms with E-state index in [9.17, 15) is 4.79 Å². The number of carbonyl (C=O) groups is 1. The van der Waals surface area contributed by atoms with E-state index in [0.717, 1.165) is 12.2 Å². The van der Waals surface area contributed by atoms with Gasteiger partial charge in [0.2, 0.25) is 0 Å². The molecular formula is C20H26N2O2. The van der Waals surface area contributed by atoms with E-state index < -0.39 is 0 Å². The Morgan fingerprint density at radius 2 is 1.83 bits per heavy atom. The highest BCUT2D eigenvalue weighted by atomic mass is 16.3. The summed E-state index contributed by atoms with van der Waals surface area (Å²) in [4.78, 5) is 14.6. The molecule has 3 rings (SSSR count). The van der Waals surface area contributed by atoms with E-state index in [1.807, 2.05) is 13.8 Å². The largest absolute Gasteiger partial charge is 0.466 e. The third-order valence-corrected chi connectivity index (χ3v) is 4.64. The average Bonchev–Trinajstić information content (AvgIpc) is 2.95. The topological polar surface area (TPSA) is 45.5 Å². The summed E-state index contributed by atoms with van der Waals surface area (Å²) in [6.07, 6.45) is 4.77. The predicted octanol–water partition coefficient (Wildman–Crippen LogP) is 3.86. The van der Waals surface area contributed by atoms with Gasteiger partial charge in [0.05, 0.1) is 5.56 Å². The summed E-state index contributed by atoms with van der Waals surface area (Å²) in [5, 5.41) is 2.97. The van der Waals surface area contributed by atoms with Crippen molar-refractivity contribution in [1.29, 1.82) is 0 Å². The van der Waals surface area contributed by atoms with Crippen LogP contribution >= 0.6 is 0 Å². The lowest BCUT2D eigenvalue weighted by Crippen LogP contribution is -2.29. The van der Waals surface area contributed by atoms with E-state index >= 15 is 0 Å². The normalized spacial score (nSPS) is 14.7. The number of carbonyl (C=O) groups excluding carboxylic acids is 1. The summed E-state index contributed by atoms with van der Waals surface area (Å²) < 4.78 is 5.41. The van der Waals surface area contributed by atoms with Crippen molar-refractivity contribution in [3.63, 3.8) is 0 Å². The summed E-state index contributed by atoms with van der Waals surface area (Å²) >= 11 is 0. The molecule has 0 spiro atoms. The fourth-order valence-electron chi connectivity index (χ4n) is 3.30. The molecule has 1 fully saturated rings. The molecule has 1 aromatic heterocycles. The molecule has 0 unspecified atom stereocenters. The van der Waals surface area contributed by atoms with Gasteiger partial charge in [-0.05, 0) is 63.3 Å². The Balaban J connectivity index is 1.49. The molecule has 1 N–H and O–H groups in total. The van der Waals surface area contributed by atoms with Gasteiger partial charge >= 0.3 is 0 Å². The molecule has 4 nitrogen and oxygen atoms in total. The number of piperidine rings is 1. The van der Waals surface area contributed by atoms with Crippen LogP contribution in [-0.2, 0) is 6.42 Å². The van der Waals surface area contributed by atoms with Gasteiger partial charge in [0.15, 0.2) is 0 Å². The molecule has 0 aliphatic carbocycles. The highest BCUT2D eigenvalue weighted by Gasteiger charge is 2.13. The van der Waals surface area contributed by atoms with Crippen LogP contribution in [0.4, 0.5) is 5.69 Å². The van der Waals surface area contributed by atoms with E-state index in [4.69, 9.17) is 4.42 Å². The Labute approximate surface area is 143 Å². The lowest BCUT2D eigenvalue weighted by molar-refractivity contribution is 0.0952. The van der Waals surface area contributed by atoms with Gasteiger partial charge in [-0.25, -0.2) is 0 Å². The first-order chi connectivity index (χ1) is 11.6. The third-order valence-electron chi connectivity index (χ3n) is 4.64. The minimum absolute atomic E-state index is 0.0608. The van der Waals surface area contributed by atoms with Gasteiger partial charge in [0.25, 0.3) is 5.91 Å². The Kier molecular flexibility index (Phi) is 5.24. The molecule has 1 amide bonds. The van der Waals surface area contributed by atoms with E-state index in [-0.39, 0.29) is 5.91 Å². The summed E-state index contributed by atoms with van der Waals surface area (Å²) in [7, 11) is 0. The number of benzene rings is 1. The molecule has 1 aliphatic rings. The maximum Gasteiger partial charge on any atom is 0.254 e. The number of aryl methyl sites for hydroxylation is 2. The van der Waals surface area contributed by atoms with E-state index in [1.165, 1.54) is 43.6 Å². The van der Waals surface area contributed by atoms with Crippen molar-refractivity contribution in [2.75, 3.05) is 24.5 Å². The quantitative estimate of drug-likeness (QED) is 0.907. The Bertz CT molecular complexity index is 682. The fraction of sp³-hybridized carbons (Fsp3) is 0.450. The summed E-state index contributed by atoms with van der Waals surface area (Å²) in [6.45, 7) is 6.64. The molecule has 24 heavy (non-hydrogen) atoms. The molecule has 2 aromatic rings. The van der Waals surface area contributed by atoms with Crippen LogP contribution in [0.25, 0.3) is 0 Å². The van der Waals surface area contributed by atoms with Gasteiger partial charge in [-0.2, -0.15) is 0 Å². The van der Waals surface area contributed by atoms with Crippen LogP contribution in [0.1, 0.15) is 46.7 Å². The molecule has 128 valence electrons. The van der Waals surface area contributed by atoms with E-state index in [1.54, 1.807) is 6.07 Å². The monoisotopic (exact) mass is 326 g/mol. The standard InChI is InChI=1S/C20H26N2O2/c1-15-14-19(16(2)24-15)20(23)21-11-10-17-6-8-18(9-7-17)22-12-4-3-5-13-22/h6-9,14H,3-5,10-13H2,1-2H3,(H,21,23). The van der Waals surface area contributed by atoms with Crippen molar-refractivity contribution in [2.24, 2.45) is 0 Å². The van der Waals surface area contributed by atoms with Crippen molar-refractivity contribution < 1.29 is 9.21 Å². The first-order valence-corrected chi connectivity index (χ1v) is 8.82. The van der Waals surface area contributed by atoms with Crippen LogP contribution in [0.3, 0.4) is 0 Å². The van der Waals surface area contributed by atoms with Crippen molar-refractivity contribution >= 4 is 11.6 Å². The lowest BCUT2D eigenvalue weighted by atomic mass is 10.1. The van der Waals surface area contributed by atoms with Crippen LogP contribution in [0.2, 0.25) is 0 Å². The highest BCUT2D eigenvalue weighted by Crippen LogP contribution is 2.20.